The molecule has 0 saturated heterocycles. The van der Waals surface area contributed by atoms with E-state index in [0.717, 1.165) is 18.8 Å². The summed E-state index contributed by atoms with van der Waals surface area (Å²) in [6.45, 7) is 0.730. The summed E-state index contributed by atoms with van der Waals surface area (Å²) in [5, 5.41) is 0. The van der Waals surface area contributed by atoms with Gasteiger partial charge in [0.15, 0.2) is 0 Å². The molecule has 0 aliphatic heterocycles. The van der Waals surface area contributed by atoms with Crippen LogP contribution in [-0.2, 0) is 0 Å². The summed E-state index contributed by atoms with van der Waals surface area (Å²) < 4.78 is 5.59. The van der Waals surface area contributed by atoms with Crippen molar-refractivity contribution in [3.05, 3.63) is 30.3 Å². The van der Waals surface area contributed by atoms with Gasteiger partial charge in [-0.1, -0.05) is 24.1 Å². The van der Waals surface area contributed by atoms with Gasteiger partial charge in [-0.25, -0.2) is 0 Å². The van der Waals surface area contributed by atoms with Crippen LogP contribution in [0.4, 0.5) is 0 Å². The zero-order chi connectivity index (χ0) is 9.86. The zero-order valence-corrected chi connectivity index (χ0v) is 8.20. The molecule has 0 unspecified atom stereocenters. The van der Waals surface area contributed by atoms with Gasteiger partial charge in [0.05, 0.1) is 6.61 Å². The van der Waals surface area contributed by atoms with Gasteiger partial charge in [0.1, 0.15) is 5.75 Å². The maximum absolute atomic E-state index is 5.59. The van der Waals surface area contributed by atoms with Gasteiger partial charge in [-0.05, 0) is 31.4 Å². The van der Waals surface area contributed by atoms with Crippen LogP contribution >= 0.6 is 0 Å². The molecule has 0 amide bonds. The lowest BCUT2D eigenvalue weighted by atomic mass is 10.1. The van der Waals surface area contributed by atoms with E-state index in [4.69, 9.17) is 11.2 Å². The molecule has 1 nitrogen and oxygen atoms in total. The first kappa shape index (κ1) is 9.15. The van der Waals surface area contributed by atoms with E-state index in [9.17, 15) is 0 Å². The van der Waals surface area contributed by atoms with Crippen LogP contribution in [-0.4, -0.2) is 6.61 Å². The van der Waals surface area contributed by atoms with Crippen molar-refractivity contribution in [1.29, 1.82) is 0 Å². The quantitative estimate of drug-likeness (QED) is 0.657. The van der Waals surface area contributed by atoms with Crippen LogP contribution in [0.3, 0.4) is 0 Å². The smallest absolute Gasteiger partial charge is 0.119 e. The molecule has 1 aromatic carbocycles. The summed E-state index contributed by atoms with van der Waals surface area (Å²) in [5.41, 5.74) is 0.175. The first-order chi connectivity index (χ1) is 6.85. The van der Waals surface area contributed by atoms with Crippen LogP contribution < -0.4 is 4.74 Å². The molecular formula is C13H14O. The van der Waals surface area contributed by atoms with E-state index in [1.165, 1.54) is 12.8 Å². The van der Waals surface area contributed by atoms with Crippen molar-refractivity contribution in [2.45, 2.75) is 19.3 Å². The van der Waals surface area contributed by atoms with Gasteiger partial charge in [-0.15, -0.1) is 6.42 Å². The molecule has 1 aliphatic rings. The zero-order valence-electron chi connectivity index (χ0n) is 8.20. The van der Waals surface area contributed by atoms with Gasteiger partial charge in [0, 0.05) is 5.41 Å². The molecule has 1 aromatic rings. The van der Waals surface area contributed by atoms with Crippen molar-refractivity contribution >= 4 is 0 Å². The van der Waals surface area contributed by atoms with E-state index >= 15 is 0 Å². The van der Waals surface area contributed by atoms with Crippen molar-refractivity contribution < 1.29 is 4.74 Å². The second-order valence-electron chi connectivity index (χ2n) is 3.84. The summed E-state index contributed by atoms with van der Waals surface area (Å²) in [5.74, 6) is 3.79. The minimum Gasteiger partial charge on any atom is -0.494 e. The lowest BCUT2D eigenvalue weighted by molar-refractivity contribution is 0.289. The Bertz CT molecular complexity index is 330. The summed E-state index contributed by atoms with van der Waals surface area (Å²) in [6.07, 6.45) is 8.76. The fourth-order valence-electron chi connectivity index (χ4n) is 1.50. The summed E-state index contributed by atoms with van der Waals surface area (Å²) in [6, 6.07) is 9.87. The number of hydrogen-bond acceptors (Lipinski definition) is 1. The fourth-order valence-corrected chi connectivity index (χ4v) is 1.50. The number of ether oxygens (including phenoxy) is 1. The first-order valence-electron chi connectivity index (χ1n) is 5.00. The maximum Gasteiger partial charge on any atom is 0.119 e. The van der Waals surface area contributed by atoms with Crippen LogP contribution in [0.1, 0.15) is 19.3 Å². The molecule has 1 heteroatoms. The number of benzene rings is 1. The SMILES string of the molecule is C#CC1(CCOc2ccccc2)CC1. The highest BCUT2D eigenvalue weighted by Gasteiger charge is 2.40. The van der Waals surface area contributed by atoms with E-state index in [-0.39, 0.29) is 5.41 Å². The van der Waals surface area contributed by atoms with Gasteiger partial charge in [-0.3, -0.25) is 0 Å². The average molecular weight is 186 g/mol. The minimum absolute atomic E-state index is 0.175. The topological polar surface area (TPSA) is 9.23 Å². The highest BCUT2D eigenvalue weighted by Crippen LogP contribution is 2.47. The van der Waals surface area contributed by atoms with Gasteiger partial charge in [0.25, 0.3) is 0 Å². The van der Waals surface area contributed by atoms with E-state index in [0.29, 0.717) is 0 Å². The molecule has 0 aromatic heterocycles. The minimum atomic E-state index is 0.175. The van der Waals surface area contributed by atoms with E-state index < -0.39 is 0 Å². The number of hydrogen-bond donors (Lipinski definition) is 0. The third-order valence-corrected chi connectivity index (χ3v) is 2.75. The number of terminal acetylenes is 1. The molecule has 72 valence electrons. The van der Waals surface area contributed by atoms with Crippen molar-refractivity contribution in [2.24, 2.45) is 5.41 Å². The van der Waals surface area contributed by atoms with E-state index in [2.05, 4.69) is 5.92 Å². The van der Waals surface area contributed by atoms with Gasteiger partial charge >= 0.3 is 0 Å². The molecular weight excluding hydrogens is 172 g/mol. The molecule has 0 radical (unpaired) electrons. The van der Waals surface area contributed by atoms with Crippen molar-refractivity contribution in [3.63, 3.8) is 0 Å². The summed E-state index contributed by atoms with van der Waals surface area (Å²) in [7, 11) is 0. The van der Waals surface area contributed by atoms with Crippen LogP contribution in [0.15, 0.2) is 30.3 Å². The Morgan fingerprint density at radius 2 is 2.00 bits per heavy atom. The van der Waals surface area contributed by atoms with E-state index in [1.54, 1.807) is 0 Å². The second kappa shape index (κ2) is 3.75. The molecule has 0 N–H and O–H groups in total. The molecule has 1 saturated carbocycles. The first-order valence-corrected chi connectivity index (χ1v) is 5.00. The lowest BCUT2D eigenvalue weighted by Crippen LogP contribution is -2.05. The predicted molar refractivity (Wildman–Crippen MR) is 57.1 cm³/mol. The Hall–Kier alpha value is -1.42. The Morgan fingerprint density at radius 1 is 1.29 bits per heavy atom. The Balaban J connectivity index is 1.77. The number of rotatable bonds is 4. The molecule has 0 spiro atoms. The van der Waals surface area contributed by atoms with Gasteiger partial charge in [-0.2, -0.15) is 0 Å². The normalized spacial score (nSPS) is 17.1. The van der Waals surface area contributed by atoms with Crippen LogP contribution in [0, 0.1) is 17.8 Å². The van der Waals surface area contributed by atoms with Crippen molar-refractivity contribution in [1.82, 2.24) is 0 Å². The Labute approximate surface area is 85.1 Å². The highest BCUT2D eigenvalue weighted by molar-refractivity contribution is 5.21. The molecule has 2 rings (SSSR count). The maximum atomic E-state index is 5.59. The largest absolute Gasteiger partial charge is 0.494 e. The monoisotopic (exact) mass is 186 g/mol. The second-order valence-corrected chi connectivity index (χ2v) is 3.84. The van der Waals surface area contributed by atoms with Crippen LogP contribution in [0.2, 0.25) is 0 Å². The lowest BCUT2D eigenvalue weighted by Gasteiger charge is -2.08. The third-order valence-electron chi connectivity index (χ3n) is 2.75. The third kappa shape index (κ3) is 2.09. The molecule has 1 fully saturated rings. The molecule has 0 heterocycles. The molecule has 0 bridgehead atoms. The standard InChI is InChI=1S/C13H14O/c1-2-13(8-9-13)10-11-14-12-6-4-3-5-7-12/h1,3-7H,8-11H2. The predicted octanol–water partition coefficient (Wildman–Crippen LogP) is 2.87. The Morgan fingerprint density at radius 3 is 2.57 bits per heavy atom. The van der Waals surface area contributed by atoms with Crippen molar-refractivity contribution in [3.8, 4) is 18.1 Å². The molecule has 0 atom stereocenters. The molecule has 14 heavy (non-hydrogen) atoms. The summed E-state index contributed by atoms with van der Waals surface area (Å²) >= 11 is 0. The van der Waals surface area contributed by atoms with Crippen molar-refractivity contribution in [2.75, 3.05) is 6.61 Å². The molecule has 1 aliphatic carbocycles. The van der Waals surface area contributed by atoms with Crippen LogP contribution in [0.25, 0.3) is 0 Å². The summed E-state index contributed by atoms with van der Waals surface area (Å²) in [4.78, 5) is 0. The van der Waals surface area contributed by atoms with E-state index in [1.807, 2.05) is 30.3 Å². The highest BCUT2D eigenvalue weighted by atomic mass is 16.5. The van der Waals surface area contributed by atoms with Gasteiger partial charge < -0.3 is 4.74 Å². The number of para-hydroxylation sites is 1. The van der Waals surface area contributed by atoms with Crippen LogP contribution in [0.5, 0.6) is 5.75 Å². The fraction of sp³-hybridized carbons (Fsp3) is 0.385. The average Bonchev–Trinajstić information content (AvgIpc) is 3.00. The van der Waals surface area contributed by atoms with Gasteiger partial charge in [0.2, 0.25) is 0 Å². The Kier molecular flexibility index (Phi) is 2.45.